The molecule has 0 amide bonds. The third kappa shape index (κ3) is 3.54. The Morgan fingerprint density at radius 1 is 1.41 bits per heavy atom. The molecule has 1 aromatic heterocycles. The standard InChI is InChI=1S/C13H24N4/c1-11(2)17-10-12(9-15-17)8-14-13-4-6-16(3)7-5-13/h9-11,13-14H,4-8H2,1-3H3. The molecule has 2 rings (SSSR count). The lowest BCUT2D eigenvalue weighted by atomic mass is 10.1. The molecule has 4 nitrogen and oxygen atoms in total. The van der Waals surface area contributed by atoms with E-state index >= 15 is 0 Å². The van der Waals surface area contributed by atoms with E-state index in [1.54, 1.807) is 0 Å². The minimum Gasteiger partial charge on any atom is -0.310 e. The van der Waals surface area contributed by atoms with Crippen molar-refractivity contribution >= 4 is 0 Å². The fraction of sp³-hybridized carbons (Fsp3) is 0.769. The monoisotopic (exact) mass is 236 g/mol. The molecule has 0 bridgehead atoms. The average Bonchev–Trinajstić information content (AvgIpc) is 2.77. The van der Waals surface area contributed by atoms with Crippen LogP contribution in [0.4, 0.5) is 0 Å². The Morgan fingerprint density at radius 2 is 2.12 bits per heavy atom. The Morgan fingerprint density at radius 3 is 2.71 bits per heavy atom. The summed E-state index contributed by atoms with van der Waals surface area (Å²) in [5.41, 5.74) is 1.29. The van der Waals surface area contributed by atoms with Gasteiger partial charge in [0.15, 0.2) is 0 Å². The molecule has 4 heteroatoms. The third-order valence-corrected chi connectivity index (χ3v) is 3.50. The van der Waals surface area contributed by atoms with Crippen molar-refractivity contribution in [3.8, 4) is 0 Å². The van der Waals surface area contributed by atoms with Crippen molar-refractivity contribution in [1.82, 2.24) is 20.0 Å². The highest BCUT2D eigenvalue weighted by molar-refractivity contribution is 5.04. The van der Waals surface area contributed by atoms with E-state index in [-0.39, 0.29) is 0 Å². The van der Waals surface area contributed by atoms with Crippen molar-refractivity contribution in [3.05, 3.63) is 18.0 Å². The largest absolute Gasteiger partial charge is 0.310 e. The van der Waals surface area contributed by atoms with Crippen LogP contribution in [-0.2, 0) is 6.54 Å². The Hall–Kier alpha value is -0.870. The van der Waals surface area contributed by atoms with E-state index in [4.69, 9.17) is 0 Å². The van der Waals surface area contributed by atoms with Gasteiger partial charge in [-0.05, 0) is 46.8 Å². The first-order valence-corrected chi connectivity index (χ1v) is 6.60. The van der Waals surface area contributed by atoms with E-state index in [9.17, 15) is 0 Å². The van der Waals surface area contributed by atoms with Gasteiger partial charge in [0.05, 0.1) is 6.20 Å². The van der Waals surface area contributed by atoms with Crippen LogP contribution in [0.5, 0.6) is 0 Å². The molecule has 1 aliphatic heterocycles. The number of hydrogen-bond donors (Lipinski definition) is 1. The second-order valence-electron chi connectivity index (χ2n) is 5.38. The van der Waals surface area contributed by atoms with Crippen molar-refractivity contribution in [2.45, 2.75) is 45.3 Å². The molecule has 1 aromatic rings. The molecule has 96 valence electrons. The summed E-state index contributed by atoms with van der Waals surface area (Å²) in [6.45, 7) is 7.68. The minimum atomic E-state index is 0.451. The predicted molar refractivity (Wildman–Crippen MR) is 70.0 cm³/mol. The number of likely N-dealkylation sites (tertiary alicyclic amines) is 1. The molecule has 17 heavy (non-hydrogen) atoms. The van der Waals surface area contributed by atoms with Gasteiger partial charge < -0.3 is 10.2 Å². The molecule has 0 aliphatic carbocycles. The van der Waals surface area contributed by atoms with E-state index in [0.717, 1.165) is 6.54 Å². The summed E-state index contributed by atoms with van der Waals surface area (Å²) >= 11 is 0. The van der Waals surface area contributed by atoms with E-state index in [2.05, 4.69) is 42.4 Å². The van der Waals surface area contributed by atoms with Gasteiger partial charge in [0.2, 0.25) is 0 Å². The first-order valence-electron chi connectivity index (χ1n) is 6.60. The lowest BCUT2D eigenvalue weighted by molar-refractivity contribution is 0.234. The second-order valence-corrected chi connectivity index (χ2v) is 5.38. The summed E-state index contributed by atoms with van der Waals surface area (Å²) in [6.07, 6.45) is 6.64. The van der Waals surface area contributed by atoms with Gasteiger partial charge in [0, 0.05) is 30.4 Å². The smallest absolute Gasteiger partial charge is 0.0534 e. The molecule has 0 saturated carbocycles. The van der Waals surface area contributed by atoms with Crippen molar-refractivity contribution < 1.29 is 0 Å². The minimum absolute atomic E-state index is 0.451. The topological polar surface area (TPSA) is 33.1 Å². The van der Waals surface area contributed by atoms with Crippen molar-refractivity contribution in [1.29, 1.82) is 0 Å². The first-order chi connectivity index (χ1) is 8.15. The van der Waals surface area contributed by atoms with Crippen molar-refractivity contribution in [2.24, 2.45) is 0 Å². The van der Waals surface area contributed by atoms with E-state index in [1.807, 2.05) is 10.9 Å². The molecular formula is C13H24N4. The maximum absolute atomic E-state index is 4.36. The number of aromatic nitrogens is 2. The highest BCUT2D eigenvalue weighted by atomic mass is 15.3. The predicted octanol–water partition coefficient (Wildman–Crippen LogP) is 1.65. The zero-order valence-electron chi connectivity index (χ0n) is 11.2. The van der Waals surface area contributed by atoms with Gasteiger partial charge in [-0.1, -0.05) is 0 Å². The van der Waals surface area contributed by atoms with Crippen LogP contribution >= 0.6 is 0 Å². The SMILES string of the molecule is CC(C)n1cc(CNC2CCN(C)CC2)cn1. The molecule has 1 aliphatic rings. The Labute approximate surface area is 104 Å². The lowest BCUT2D eigenvalue weighted by Crippen LogP contribution is -2.40. The maximum Gasteiger partial charge on any atom is 0.0534 e. The van der Waals surface area contributed by atoms with Gasteiger partial charge in [0.1, 0.15) is 0 Å². The Kier molecular flexibility index (Phi) is 4.18. The maximum atomic E-state index is 4.36. The molecule has 0 unspecified atom stereocenters. The normalized spacial score (nSPS) is 19.1. The fourth-order valence-corrected chi connectivity index (χ4v) is 2.23. The quantitative estimate of drug-likeness (QED) is 0.863. The number of rotatable bonds is 4. The van der Waals surface area contributed by atoms with Gasteiger partial charge in [-0.3, -0.25) is 4.68 Å². The van der Waals surface area contributed by atoms with Crippen LogP contribution in [0.1, 0.15) is 38.3 Å². The molecule has 0 aromatic carbocycles. The first kappa shape index (κ1) is 12.6. The molecule has 1 fully saturated rings. The van der Waals surface area contributed by atoms with Crippen LogP contribution in [0.3, 0.4) is 0 Å². The zero-order chi connectivity index (χ0) is 12.3. The summed E-state index contributed by atoms with van der Waals surface area (Å²) in [5.74, 6) is 0. The van der Waals surface area contributed by atoms with Crippen LogP contribution in [0, 0.1) is 0 Å². The molecule has 0 atom stereocenters. The summed E-state index contributed by atoms with van der Waals surface area (Å²) in [6, 6.07) is 1.13. The summed E-state index contributed by atoms with van der Waals surface area (Å²) in [4.78, 5) is 2.40. The number of hydrogen-bond acceptors (Lipinski definition) is 3. The van der Waals surface area contributed by atoms with E-state index in [0.29, 0.717) is 12.1 Å². The molecule has 0 spiro atoms. The summed E-state index contributed by atoms with van der Waals surface area (Å²) in [7, 11) is 2.20. The number of nitrogens with zero attached hydrogens (tertiary/aromatic N) is 3. The Bertz CT molecular complexity index is 337. The summed E-state index contributed by atoms with van der Waals surface area (Å²) in [5, 5.41) is 7.99. The molecular weight excluding hydrogens is 212 g/mol. The molecule has 2 heterocycles. The highest BCUT2D eigenvalue weighted by Gasteiger charge is 2.15. The number of piperidine rings is 1. The zero-order valence-corrected chi connectivity index (χ0v) is 11.2. The second kappa shape index (κ2) is 5.65. The Balaban J connectivity index is 1.77. The van der Waals surface area contributed by atoms with Gasteiger partial charge in [-0.2, -0.15) is 5.10 Å². The van der Waals surface area contributed by atoms with Crippen LogP contribution in [-0.4, -0.2) is 40.9 Å². The van der Waals surface area contributed by atoms with E-state index < -0.39 is 0 Å². The van der Waals surface area contributed by atoms with Gasteiger partial charge >= 0.3 is 0 Å². The third-order valence-electron chi connectivity index (χ3n) is 3.50. The molecule has 1 saturated heterocycles. The van der Waals surface area contributed by atoms with Gasteiger partial charge in [-0.25, -0.2) is 0 Å². The van der Waals surface area contributed by atoms with Crippen LogP contribution in [0.15, 0.2) is 12.4 Å². The van der Waals surface area contributed by atoms with Crippen LogP contribution in [0.25, 0.3) is 0 Å². The highest BCUT2D eigenvalue weighted by Crippen LogP contribution is 2.10. The van der Waals surface area contributed by atoms with Gasteiger partial charge in [-0.15, -0.1) is 0 Å². The number of nitrogens with one attached hydrogen (secondary N) is 1. The fourth-order valence-electron chi connectivity index (χ4n) is 2.23. The van der Waals surface area contributed by atoms with Crippen molar-refractivity contribution in [3.63, 3.8) is 0 Å². The molecule has 1 N–H and O–H groups in total. The summed E-state index contributed by atoms with van der Waals surface area (Å²) < 4.78 is 2.02. The molecule has 0 radical (unpaired) electrons. The lowest BCUT2D eigenvalue weighted by Gasteiger charge is -2.29. The average molecular weight is 236 g/mol. The van der Waals surface area contributed by atoms with Crippen molar-refractivity contribution in [2.75, 3.05) is 20.1 Å². The van der Waals surface area contributed by atoms with Crippen LogP contribution in [0.2, 0.25) is 0 Å². The van der Waals surface area contributed by atoms with Crippen LogP contribution < -0.4 is 5.32 Å². The van der Waals surface area contributed by atoms with Gasteiger partial charge in [0.25, 0.3) is 0 Å². The van der Waals surface area contributed by atoms with E-state index in [1.165, 1.54) is 31.5 Å².